The standard InChI is InChI=1S/C18H12FN3O3S/c19-15-7-2-1-4-12(15)8-9-17(23)21-18-20-16(11-26-18)13-5-3-6-14(10-13)22(24)25/h1-11H,(H,20,21,23)/b9-8+. The summed E-state index contributed by atoms with van der Waals surface area (Å²) >= 11 is 1.19. The molecule has 26 heavy (non-hydrogen) atoms. The van der Waals surface area contributed by atoms with E-state index in [0.717, 1.165) is 0 Å². The third-order valence-electron chi connectivity index (χ3n) is 3.41. The van der Waals surface area contributed by atoms with Crippen LogP contribution in [0.15, 0.2) is 60.0 Å². The van der Waals surface area contributed by atoms with Gasteiger partial charge in [0.2, 0.25) is 5.91 Å². The van der Waals surface area contributed by atoms with Crippen LogP contribution in [0.4, 0.5) is 15.2 Å². The van der Waals surface area contributed by atoms with Gasteiger partial charge in [0.1, 0.15) is 5.82 Å². The summed E-state index contributed by atoms with van der Waals surface area (Å²) in [4.78, 5) is 26.6. The van der Waals surface area contributed by atoms with Crippen LogP contribution in [-0.2, 0) is 4.79 Å². The molecule has 0 spiro atoms. The van der Waals surface area contributed by atoms with Gasteiger partial charge in [-0.1, -0.05) is 30.3 Å². The van der Waals surface area contributed by atoms with Crippen molar-refractivity contribution in [3.63, 3.8) is 0 Å². The number of hydrogen-bond acceptors (Lipinski definition) is 5. The van der Waals surface area contributed by atoms with Crippen LogP contribution < -0.4 is 5.32 Å². The average Bonchev–Trinajstić information content (AvgIpc) is 3.09. The number of anilines is 1. The van der Waals surface area contributed by atoms with E-state index in [1.54, 1.807) is 35.7 Å². The first-order valence-electron chi connectivity index (χ1n) is 7.47. The third-order valence-corrected chi connectivity index (χ3v) is 4.16. The van der Waals surface area contributed by atoms with Gasteiger partial charge in [-0.25, -0.2) is 9.37 Å². The number of hydrogen-bond donors (Lipinski definition) is 1. The lowest BCUT2D eigenvalue weighted by Crippen LogP contribution is -2.07. The first kappa shape index (κ1) is 17.4. The Morgan fingerprint density at radius 1 is 1.23 bits per heavy atom. The second kappa shape index (κ2) is 7.66. The quantitative estimate of drug-likeness (QED) is 0.407. The summed E-state index contributed by atoms with van der Waals surface area (Å²) < 4.78 is 13.5. The molecule has 1 N–H and O–H groups in total. The molecule has 0 atom stereocenters. The molecule has 1 amide bonds. The number of carbonyl (C=O) groups is 1. The molecule has 0 bridgehead atoms. The predicted octanol–water partition coefficient (Wildman–Crippen LogP) is 4.51. The van der Waals surface area contributed by atoms with E-state index in [1.807, 2.05) is 0 Å². The van der Waals surface area contributed by atoms with Gasteiger partial charge in [-0.15, -0.1) is 11.3 Å². The van der Waals surface area contributed by atoms with E-state index in [-0.39, 0.29) is 5.69 Å². The molecular weight excluding hydrogens is 357 g/mol. The third kappa shape index (κ3) is 4.17. The number of nitro groups is 1. The second-order valence-corrected chi connectivity index (χ2v) is 6.05. The summed E-state index contributed by atoms with van der Waals surface area (Å²) in [5, 5.41) is 15.5. The number of thiazole rings is 1. The van der Waals surface area contributed by atoms with Gasteiger partial charge in [-0.2, -0.15) is 0 Å². The molecule has 3 rings (SSSR count). The minimum atomic E-state index is -0.480. The highest BCUT2D eigenvalue weighted by Gasteiger charge is 2.10. The molecule has 6 nitrogen and oxygen atoms in total. The predicted molar refractivity (Wildman–Crippen MR) is 98.3 cm³/mol. The topological polar surface area (TPSA) is 85.1 Å². The van der Waals surface area contributed by atoms with E-state index in [2.05, 4.69) is 10.3 Å². The highest BCUT2D eigenvalue weighted by Crippen LogP contribution is 2.27. The minimum Gasteiger partial charge on any atom is -0.298 e. The summed E-state index contributed by atoms with van der Waals surface area (Å²) in [6, 6.07) is 12.2. The molecule has 0 aliphatic heterocycles. The Morgan fingerprint density at radius 3 is 2.81 bits per heavy atom. The van der Waals surface area contributed by atoms with Gasteiger partial charge in [0.25, 0.3) is 5.69 Å². The molecule has 0 saturated heterocycles. The van der Waals surface area contributed by atoms with Crippen molar-refractivity contribution in [1.29, 1.82) is 0 Å². The van der Waals surface area contributed by atoms with Crippen LogP contribution in [0.2, 0.25) is 0 Å². The zero-order valence-electron chi connectivity index (χ0n) is 13.3. The number of benzene rings is 2. The van der Waals surface area contributed by atoms with Gasteiger partial charge in [0.15, 0.2) is 5.13 Å². The lowest BCUT2D eigenvalue weighted by Gasteiger charge is -1.98. The van der Waals surface area contributed by atoms with Gasteiger partial charge >= 0.3 is 0 Å². The molecule has 1 aromatic heterocycles. The molecular formula is C18H12FN3O3S. The molecule has 130 valence electrons. The zero-order chi connectivity index (χ0) is 18.5. The Kier molecular flexibility index (Phi) is 5.14. The average molecular weight is 369 g/mol. The van der Waals surface area contributed by atoms with E-state index in [1.165, 1.54) is 41.7 Å². The van der Waals surface area contributed by atoms with Crippen molar-refractivity contribution < 1.29 is 14.1 Å². The van der Waals surface area contributed by atoms with Crippen molar-refractivity contribution in [1.82, 2.24) is 4.98 Å². The fourth-order valence-corrected chi connectivity index (χ4v) is 2.89. The fraction of sp³-hybridized carbons (Fsp3) is 0. The van der Waals surface area contributed by atoms with E-state index in [9.17, 15) is 19.3 Å². The van der Waals surface area contributed by atoms with Crippen LogP contribution in [0.3, 0.4) is 0 Å². The Morgan fingerprint density at radius 2 is 2.04 bits per heavy atom. The Hall–Kier alpha value is -3.39. The molecule has 0 aliphatic rings. The van der Waals surface area contributed by atoms with Crippen LogP contribution in [0.1, 0.15) is 5.56 Å². The number of carbonyl (C=O) groups excluding carboxylic acids is 1. The van der Waals surface area contributed by atoms with E-state index >= 15 is 0 Å². The van der Waals surface area contributed by atoms with Crippen molar-refractivity contribution in [3.05, 3.63) is 81.5 Å². The number of amides is 1. The lowest BCUT2D eigenvalue weighted by molar-refractivity contribution is -0.384. The molecule has 0 saturated carbocycles. The first-order chi connectivity index (χ1) is 12.5. The maximum Gasteiger partial charge on any atom is 0.270 e. The van der Waals surface area contributed by atoms with Crippen molar-refractivity contribution in [2.45, 2.75) is 0 Å². The highest BCUT2D eigenvalue weighted by atomic mass is 32.1. The van der Waals surface area contributed by atoms with Crippen molar-refractivity contribution in [2.75, 3.05) is 5.32 Å². The lowest BCUT2D eigenvalue weighted by atomic mass is 10.1. The van der Waals surface area contributed by atoms with Gasteiger partial charge in [-0.05, 0) is 12.1 Å². The maximum absolute atomic E-state index is 13.5. The Labute approximate surface area is 151 Å². The molecule has 3 aromatic rings. The molecule has 0 radical (unpaired) electrons. The summed E-state index contributed by atoms with van der Waals surface area (Å²) in [7, 11) is 0. The molecule has 2 aromatic carbocycles. The van der Waals surface area contributed by atoms with Crippen LogP contribution in [0, 0.1) is 15.9 Å². The van der Waals surface area contributed by atoms with Gasteiger partial charge in [0, 0.05) is 34.7 Å². The number of halogens is 1. The molecule has 0 fully saturated rings. The summed E-state index contributed by atoms with van der Waals surface area (Å²) in [6.45, 7) is 0. The van der Waals surface area contributed by atoms with E-state index < -0.39 is 16.6 Å². The zero-order valence-corrected chi connectivity index (χ0v) is 14.1. The van der Waals surface area contributed by atoms with E-state index in [4.69, 9.17) is 0 Å². The number of aromatic nitrogens is 1. The summed E-state index contributed by atoms with van der Waals surface area (Å²) in [5.41, 5.74) is 1.37. The highest BCUT2D eigenvalue weighted by molar-refractivity contribution is 7.14. The Bertz CT molecular complexity index is 1000. The molecule has 0 aliphatic carbocycles. The monoisotopic (exact) mass is 369 g/mol. The van der Waals surface area contributed by atoms with Gasteiger partial charge in [-0.3, -0.25) is 20.2 Å². The van der Waals surface area contributed by atoms with E-state index in [0.29, 0.717) is 22.0 Å². The Balaban J connectivity index is 1.70. The van der Waals surface area contributed by atoms with Gasteiger partial charge < -0.3 is 0 Å². The fourth-order valence-electron chi connectivity index (χ4n) is 2.17. The molecule has 8 heteroatoms. The SMILES string of the molecule is O=C(/C=C/c1ccccc1F)Nc1nc(-c2cccc([N+](=O)[O-])c2)cs1. The van der Waals surface area contributed by atoms with Crippen molar-refractivity contribution >= 4 is 34.1 Å². The number of nitrogens with zero attached hydrogens (tertiary/aromatic N) is 2. The van der Waals surface area contributed by atoms with Gasteiger partial charge in [0.05, 0.1) is 10.6 Å². The number of non-ortho nitro benzene ring substituents is 1. The normalized spacial score (nSPS) is 10.8. The second-order valence-electron chi connectivity index (χ2n) is 5.19. The largest absolute Gasteiger partial charge is 0.298 e. The first-order valence-corrected chi connectivity index (χ1v) is 8.35. The smallest absolute Gasteiger partial charge is 0.270 e. The number of nitro benzene ring substituents is 1. The molecule has 0 unspecified atom stereocenters. The summed E-state index contributed by atoms with van der Waals surface area (Å²) in [6.07, 6.45) is 2.59. The number of nitrogens with one attached hydrogen (secondary N) is 1. The minimum absolute atomic E-state index is 0.0334. The van der Waals surface area contributed by atoms with Crippen LogP contribution in [0.25, 0.3) is 17.3 Å². The molecule has 1 heterocycles. The number of rotatable bonds is 5. The van der Waals surface area contributed by atoms with Crippen LogP contribution in [-0.4, -0.2) is 15.8 Å². The van der Waals surface area contributed by atoms with Crippen molar-refractivity contribution in [2.24, 2.45) is 0 Å². The van der Waals surface area contributed by atoms with Crippen LogP contribution >= 0.6 is 11.3 Å². The maximum atomic E-state index is 13.5. The summed E-state index contributed by atoms with van der Waals surface area (Å²) in [5.74, 6) is -0.869. The van der Waals surface area contributed by atoms with Crippen LogP contribution in [0.5, 0.6) is 0 Å². The van der Waals surface area contributed by atoms with Crippen molar-refractivity contribution in [3.8, 4) is 11.3 Å².